The molecule has 1 aromatic carbocycles. The van der Waals surface area contributed by atoms with Crippen molar-refractivity contribution in [3.63, 3.8) is 0 Å². The summed E-state index contributed by atoms with van der Waals surface area (Å²) in [6.45, 7) is 1.67. The lowest BCUT2D eigenvalue weighted by Crippen LogP contribution is -2.17. The number of ether oxygens (including phenoxy) is 3. The molecule has 5 nitrogen and oxygen atoms in total. The molecule has 0 saturated heterocycles. The molecule has 1 aromatic rings. The summed E-state index contributed by atoms with van der Waals surface area (Å²) in [5.74, 6) is -0.419. The molecular formula is C16H24O5. The van der Waals surface area contributed by atoms with E-state index >= 15 is 0 Å². The molecule has 118 valence electrons. The number of carbonyl (C=O) groups is 1. The van der Waals surface area contributed by atoms with Gasteiger partial charge in [0.15, 0.2) is 0 Å². The summed E-state index contributed by atoms with van der Waals surface area (Å²) >= 11 is 0. The molecule has 0 fully saturated rings. The highest BCUT2D eigenvalue weighted by Gasteiger charge is 2.17. The van der Waals surface area contributed by atoms with E-state index < -0.39 is 11.9 Å². The van der Waals surface area contributed by atoms with Crippen molar-refractivity contribution in [1.82, 2.24) is 0 Å². The van der Waals surface area contributed by atoms with Crippen LogP contribution in [0.25, 0.3) is 0 Å². The zero-order valence-electron chi connectivity index (χ0n) is 12.7. The van der Waals surface area contributed by atoms with Crippen molar-refractivity contribution in [2.45, 2.75) is 19.3 Å². The van der Waals surface area contributed by atoms with Gasteiger partial charge < -0.3 is 19.3 Å². The molecule has 5 heteroatoms. The molecule has 0 heterocycles. The number of aliphatic carboxylic acids is 1. The average molecular weight is 296 g/mol. The van der Waals surface area contributed by atoms with E-state index in [9.17, 15) is 9.90 Å². The predicted octanol–water partition coefficient (Wildman–Crippen LogP) is 2.38. The van der Waals surface area contributed by atoms with Crippen LogP contribution in [0.4, 0.5) is 0 Å². The fraction of sp³-hybridized carbons (Fsp3) is 0.562. The third-order valence-corrected chi connectivity index (χ3v) is 3.24. The topological polar surface area (TPSA) is 65.0 Å². The molecule has 0 amide bonds. The minimum absolute atomic E-state index is 0.400. The molecule has 0 aliphatic carbocycles. The summed E-state index contributed by atoms with van der Waals surface area (Å²) in [6, 6.07) is 7.53. The molecule has 0 aromatic heterocycles. The number of rotatable bonds is 11. The van der Waals surface area contributed by atoms with E-state index in [4.69, 9.17) is 14.2 Å². The summed E-state index contributed by atoms with van der Waals surface area (Å²) < 4.78 is 15.4. The third-order valence-electron chi connectivity index (χ3n) is 3.24. The fourth-order valence-electron chi connectivity index (χ4n) is 2.07. The van der Waals surface area contributed by atoms with E-state index in [1.54, 1.807) is 14.2 Å². The highest BCUT2D eigenvalue weighted by atomic mass is 16.5. The summed E-state index contributed by atoms with van der Waals surface area (Å²) in [5.41, 5.74) is 0.974. The van der Waals surface area contributed by atoms with Crippen LogP contribution in [0.5, 0.6) is 5.75 Å². The maximum atomic E-state index is 11.3. The van der Waals surface area contributed by atoms with Crippen molar-refractivity contribution in [3.05, 3.63) is 29.8 Å². The molecule has 0 aliphatic heterocycles. The van der Waals surface area contributed by atoms with Gasteiger partial charge >= 0.3 is 5.97 Å². The second-order valence-corrected chi connectivity index (χ2v) is 4.84. The van der Waals surface area contributed by atoms with Crippen molar-refractivity contribution in [3.8, 4) is 5.75 Å². The Kier molecular flexibility index (Phi) is 8.47. The van der Waals surface area contributed by atoms with Crippen molar-refractivity contribution in [2.75, 3.05) is 34.0 Å². The first kappa shape index (κ1) is 17.5. The van der Waals surface area contributed by atoms with Crippen LogP contribution in [0.1, 0.15) is 18.4 Å². The molecule has 0 spiro atoms. The van der Waals surface area contributed by atoms with Crippen LogP contribution in [-0.4, -0.2) is 45.1 Å². The minimum atomic E-state index is -0.769. The lowest BCUT2D eigenvalue weighted by atomic mass is 9.95. The minimum Gasteiger partial charge on any atom is -0.497 e. The van der Waals surface area contributed by atoms with Gasteiger partial charge in [-0.15, -0.1) is 0 Å². The summed E-state index contributed by atoms with van der Waals surface area (Å²) in [4.78, 5) is 11.3. The van der Waals surface area contributed by atoms with Gasteiger partial charge in [0.05, 0.1) is 26.2 Å². The lowest BCUT2D eigenvalue weighted by Gasteiger charge is -2.13. The van der Waals surface area contributed by atoms with Crippen LogP contribution in [0, 0.1) is 5.92 Å². The Bertz CT molecular complexity index is 419. The van der Waals surface area contributed by atoms with Crippen molar-refractivity contribution in [1.29, 1.82) is 0 Å². The molecule has 0 saturated carbocycles. The molecule has 21 heavy (non-hydrogen) atoms. The normalized spacial score (nSPS) is 12.1. The molecule has 1 N–H and O–H groups in total. The molecule has 1 unspecified atom stereocenters. The van der Waals surface area contributed by atoms with Crippen LogP contribution in [-0.2, 0) is 20.7 Å². The first-order chi connectivity index (χ1) is 10.2. The Balaban J connectivity index is 2.40. The largest absolute Gasteiger partial charge is 0.497 e. The van der Waals surface area contributed by atoms with Gasteiger partial charge in [-0.1, -0.05) is 12.1 Å². The van der Waals surface area contributed by atoms with E-state index in [2.05, 4.69) is 0 Å². The monoisotopic (exact) mass is 296 g/mol. The van der Waals surface area contributed by atoms with Crippen molar-refractivity contribution >= 4 is 5.97 Å². The second kappa shape index (κ2) is 10.2. The summed E-state index contributed by atoms with van der Waals surface area (Å²) in [6.07, 6.45) is 1.83. The Morgan fingerprint density at radius 3 is 2.71 bits per heavy atom. The SMILES string of the molecule is COCCOCCCC(Cc1cccc(OC)c1)C(=O)O. The zero-order valence-corrected chi connectivity index (χ0v) is 12.7. The van der Waals surface area contributed by atoms with E-state index in [1.165, 1.54) is 0 Å². The van der Waals surface area contributed by atoms with Gasteiger partial charge in [-0.2, -0.15) is 0 Å². The summed E-state index contributed by atoms with van der Waals surface area (Å²) in [5, 5.41) is 9.31. The lowest BCUT2D eigenvalue weighted by molar-refractivity contribution is -0.142. The maximum absolute atomic E-state index is 11.3. The van der Waals surface area contributed by atoms with Crippen LogP contribution in [0.15, 0.2) is 24.3 Å². The highest BCUT2D eigenvalue weighted by Crippen LogP contribution is 2.19. The predicted molar refractivity (Wildman–Crippen MR) is 79.8 cm³/mol. The third kappa shape index (κ3) is 7.11. The standard InChI is InChI=1S/C16H24O5/c1-19-9-10-21-8-4-6-14(16(17)18)11-13-5-3-7-15(12-13)20-2/h3,5,7,12,14H,4,6,8-11H2,1-2H3,(H,17,18). The van der Waals surface area contributed by atoms with E-state index in [1.807, 2.05) is 24.3 Å². The number of hydrogen-bond donors (Lipinski definition) is 1. The number of hydrogen-bond acceptors (Lipinski definition) is 4. The molecule has 1 atom stereocenters. The van der Waals surface area contributed by atoms with Gasteiger partial charge in [0, 0.05) is 13.7 Å². The van der Waals surface area contributed by atoms with Crippen LogP contribution < -0.4 is 4.74 Å². The average Bonchev–Trinajstić information content (AvgIpc) is 2.49. The van der Waals surface area contributed by atoms with Gasteiger partial charge in [0.25, 0.3) is 0 Å². The molecular weight excluding hydrogens is 272 g/mol. The number of benzene rings is 1. The van der Waals surface area contributed by atoms with E-state index in [0.29, 0.717) is 32.7 Å². The van der Waals surface area contributed by atoms with Crippen LogP contribution >= 0.6 is 0 Å². The first-order valence-corrected chi connectivity index (χ1v) is 7.09. The number of carboxylic acids is 1. The Morgan fingerprint density at radius 2 is 2.05 bits per heavy atom. The fourth-order valence-corrected chi connectivity index (χ4v) is 2.07. The first-order valence-electron chi connectivity index (χ1n) is 7.09. The Morgan fingerprint density at radius 1 is 1.24 bits per heavy atom. The van der Waals surface area contributed by atoms with E-state index in [0.717, 1.165) is 17.7 Å². The molecule has 0 bridgehead atoms. The van der Waals surface area contributed by atoms with E-state index in [-0.39, 0.29) is 0 Å². The molecule has 0 radical (unpaired) electrons. The summed E-state index contributed by atoms with van der Waals surface area (Å²) in [7, 11) is 3.23. The molecule has 1 rings (SSSR count). The van der Waals surface area contributed by atoms with Crippen molar-refractivity contribution in [2.24, 2.45) is 5.92 Å². The van der Waals surface area contributed by atoms with Crippen LogP contribution in [0.2, 0.25) is 0 Å². The number of methoxy groups -OCH3 is 2. The zero-order chi connectivity index (χ0) is 15.5. The smallest absolute Gasteiger partial charge is 0.306 e. The maximum Gasteiger partial charge on any atom is 0.306 e. The highest BCUT2D eigenvalue weighted by molar-refractivity contribution is 5.70. The van der Waals surface area contributed by atoms with Gasteiger partial charge in [0.1, 0.15) is 5.75 Å². The number of carboxylic acid groups (broad SMARTS) is 1. The quantitative estimate of drug-likeness (QED) is 0.635. The second-order valence-electron chi connectivity index (χ2n) is 4.84. The van der Waals surface area contributed by atoms with Crippen molar-refractivity contribution < 1.29 is 24.1 Å². The van der Waals surface area contributed by atoms with Gasteiger partial charge in [-0.05, 0) is 37.0 Å². The Hall–Kier alpha value is -1.59. The Labute approximate surface area is 125 Å². The van der Waals surface area contributed by atoms with Gasteiger partial charge in [-0.3, -0.25) is 4.79 Å². The van der Waals surface area contributed by atoms with Crippen LogP contribution in [0.3, 0.4) is 0 Å². The molecule has 0 aliphatic rings. The van der Waals surface area contributed by atoms with Gasteiger partial charge in [0.2, 0.25) is 0 Å². The van der Waals surface area contributed by atoms with Gasteiger partial charge in [-0.25, -0.2) is 0 Å².